The molecule has 0 aromatic heterocycles. The third-order valence-corrected chi connectivity index (χ3v) is 0.781. The summed E-state index contributed by atoms with van der Waals surface area (Å²) in [6.45, 7) is 0. The van der Waals surface area contributed by atoms with Crippen molar-refractivity contribution in [2.24, 2.45) is 0 Å². The molecule has 5 heteroatoms. The van der Waals surface area contributed by atoms with Crippen LogP contribution in [0.25, 0.3) is 0 Å². The van der Waals surface area contributed by atoms with Crippen LogP contribution in [0, 0.1) is 0 Å². The van der Waals surface area contributed by atoms with Gasteiger partial charge in [-0.1, -0.05) is 0 Å². The molecular weight excluding hydrogens is 333 g/mol. The van der Waals surface area contributed by atoms with Crippen LogP contribution in [0.1, 0.15) is 19.3 Å². The summed E-state index contributed by atoms with van der Waals surface area (Å²) >= 11 is 0. The predicted molar refractivity (Wildman–Crippen MR) is 34.9 cm³/mol. The van der Waals surface area contributed by atoms with Crippen molar-refractivity contribution in [1.82, 2.24) is 0 Å². The van der Waals surface area contributed by atoms with Crippen LogP contribution in [0.15, 0.2) is 0 Å². The zero-order valence-electron chi connectivity index (χ0n) is 5.28. The summed E-state index contributed by atoms with van der Waals surface area (Å²) in [5.74, 6) is -1.90. The first kappa shape index (κ1) is 12.5. The van der Waals surface area contributed by atoms with Gasteiger partial charge >= 0.3 is 11.9 Å². The van der Waals surface area contributed by atoms with E-state index in [1.54, 1.807) is 0 Å². The van der Waals surface area contributed by atoms with Gasteiger partial charge in [0.25, 0.3) is 0 Å². The van der Waals surface area contributed by atoms with Gasteiger partial charge in [0.2, 0.25) is 0 Å². The second-order valence-corrected chi connectivity index (χ2v) is 1.64. The second kappa shape index (κ2) is 6.94. The quantitative estimate of drug-likeness (QED) is 0.703. The van der Waals surface area contributed by atoms with Crippen molar-refractivity contribution >= 4 is 38.1 Å². The first-order valence-electron chi connectivity index (χ1n) is 2.56. The largest absolute Gasteiger partial charge is 0.481 e. The Kier molecular flexibility index (Phi) is 8.67. The number of hydrogen-bond acceptors (Lipinski definition) is 2. The van der Waals surface area contributed by atoms with Gasteiger partial charge in [0.1, 0.15) is 0 Å². The summed E-state index contributed by atoms with van der Waals surface area (Å²) in [4.78, 5) is 19.6. The smallest absolute Gasteiger partial charge is 0.303 e. The number of aliphatic carboxylic acids is 2. The van der Waals surface area contributed by atoms with Gasteiger partial charge in [-0.2, -0.15) is 0 Å². The molecule has 0 atom stereocenters. The first-order valence-corrected chi connectivity index (χ1v) is 2.56. The molecule has 0 rings (SSSR count). The number of rotatable bonds is 4. The van der Waals surface area contributed by atoms with Gasteiger partial charge < -0.3 is 10.2 Å². The maximum absolute atomic E-state index is 9.79. The summed E-state index contributed by atoms with van der Waals surface area (Å²) in [6.07, 6.45) is 0.0866. The fourth-order valence-electron chi connectivity index (χ4n) is 0.391. The maximum atomic E-state index is 9.79. The van der Waals surface area contributed by atoms with Crippen LogP contribution >= 0.6 is 0 Å². The maximum Gasteiger partial charge on any atom is 0.303 e. The molecule has 4 nitrogen and oxygen atoms in total. The Morgan fingerprint density at radius 1 is 1.00 bits per heavy atom. The third-order valence-electron chi connectivity index (χ3n) is 0.781. The fourth-order valence-corrected chi connectivity index (χ4v) is 0.391. The zero-order chi connectivity index (χ0) is 7.28. The van der Waals surface area contributed by atoms with Crippen molar-refractivity contribution in [2.75, 3.05) is 0 Å². The van der Waals surface area contributed by atoms with Crippen molar-refractivity contribution < 1.29 is 19.8 Å². The van der Waals surface area contributed by atoms with Crippen LogP contribution in [0.5, 0.6) is 0 Å². The van der Waals surface area contributed by atoms with Crippen LogP contribution in [0.4, 0.5) is 0 Å². The Hall–Kier alpha value is -0.177. The molecule has 3 radical (unpaired) electrons. The van der Waals surface area contributed by atoms with Crippen molar-refractivity contribution in [3.63, 3.8) is 0 Å². The minimum atomic E-state index is -0.948. The monoisotopic (exact) mass is 341 g/mol. The zero-order valence-corrected chi connectivity index (χ0v) is 8.76. The molecular formula is C5H8BiO4. The average Bonchev–Trinajstić information content (AvgIpc) is 1.63. The van der Waals surface area contributed by atoms with E-state index in [0.717, 1.165) is 0 Å². The van der Waals surface area contributed by atoms with Gasteiger partial charge in [-0.3, -0.25) is 9.59 Å². The standard InChI is InChI=1S/C5H8O4.Bi/c6-4(7)2-1-3-5(8)9;/h1-3H2,(H,6,7)(H,8,9);. The van der Waals surface area contributed by atoms with Crippen molar-refractivity contribution in [1.29, 1.82) is 0 Å². The molecule has 0 saturated heterocycles. The molecule has 0 unspecified atom stereocenters. The molecule has 0 amide bonds. The van der Waals surface area contributed by atoms with Crippen LogP contribution in [-0.4, -0.2) is 48.4 Å². The van der Waals surface area contributed by atoms with E-state index in [0.29, 0.717) is 0 Å². The molecule has 57 valence electrons. The molecule has 0 heterocycles. The minimum Gasteiger partial charge on any atom is -0.481 e. The van der Waals surface area contributed by atoms with Gasteiger partial charge in [0, 0.05) is 39.0 Å². The molecule has 0 saturated carbocycles. The van der Waals surface area contributed by atoms with Crippen molar-refractivity contribution in [3.8, 4) is 0 Å². The molecule has 2 N–H and O–H groups in total. The number of carboxylic acids is 2. The van der Waals surface area contributed by atoms with E-state index in [9.17, 15) is 9.59 Å². The Balaban J connectivity index is 0. The normalized spacial score (nSPS) is 8.00. The Morgan fingerprint density at radius 2 is 1.30 bits per heavy atom. The number of hydrogen-bond donors (Lipinski definition) is 2. The second-order valence-electron chi connectivity index (χ2n) is 1.64. The average molecular weight is 341 g/mol. The Bertz CT molecular complexity index is 109. The van der Waals surface area contributed by atoms with Crippen molar-refractivity contribution in [3.05, 3.63) is 0 Å². The van der Waals surface area contributed by atoms with Crippen LogP contribution in [-0.2, 0) is 9.59 Å². The summed E-state index contributed by atoms with van der Waals surface area (Å²) in [5.41, 5.74) is 0. The van der Waals surface area contributed by atoms with Crippen LogP contribution < -0.4 is 0 Å². The Morgan fingerprint density at radius 3 is 1.50 bits per heavy atom. The van der Waals surface area contributed by atoms with E-state index in [1.165, 1.54) is 0 Å². The topological polar surface area (TPSA) is 74.6 Å². The van der Waals surface area contributed by atoms with E-state index in [1.807, 2.05) is 0 Å². The van der Waals surface area contributed by atoms with Gasteiger partial charge in [-0.15, -0.1) is 0 Å². The molecule has 0 spiro atoms. The molecule has 0 aromatic rings. The summed E-state index contributed by atoms with van der Waals surface area (Å²) in [6, 6.07) is 0. The molecule has 0 aliphatic rings. The fraction of sp³-hybridized carbons (Fsp3) is 0.600. The van der Waals surface area contributed by atoms with E-state index >= 15 is 0 Å². The number of carboxylic acid groups (broad SMARTS) is 2. The number of carbonyl (C=O) groups is 2. The molecule has 0 aliphatic heterocycles. The minimum absolute atomic E-state index is 0. The summed E-state index contributed by atoms with van der Waals surface area (Å²) < 4.78 is 0. The Labute approximate surface area is 77.4 Å². The van der Waals surface area contributed by atoms with Gasteiger partial charge in [-0.25, -0.2) is 0 Å². The third kappa shape index (κ3) is 10.7. The van der Waals surface area contributed by atoms with E-state index in [2.05, 4.69) is 0 Å². The molecule has 0 aliphatic carbocycles. The molecule has 0 fully saturated rings. The van der Waals surface area contributed by atoms with Gasteiger partial charge in [0.05, 0.1) is 0 Å². The molecule has 0 bridgehead atoms. The predicted octanol–water partition coefficient (Wildman–Crippen LogP) is -0.0549. The first-order chi connectivity index (χ1) is 4.13. The van der Waals surface area contributed by atoms with Gasteiger partial charge in [0.15, 0.2) is 0 Å². The van der Waals surface area contributed by atoms with E-state index in [4.69, 9.17) is 10.2 Å². The molecule has 10 heavy (non-hydrogen) atoms. The van der Waals surface area contributed by atoms with Crippen LogP contribution in [0.3, 0.4) is 0 Å². The molecule has 0 aromatic carbocycles. The van der Waals surface area contributed by atoms with Crippen LogP contribution in [0.2, 0.25) is 0 Å². The van der Waals surface area contributed by atoms with E-state index in [-0.39, 0.29) is 45.5 Å². The summed E-state index contributed by atoms with van der Waals surface area (Å²) in [5, 5.41) is 16.1. The summed E-state index contributed by atoms with van der Waals surface area (Å²) in [7, 11) is 0. The van der Waals surface area contributed by atoms with E-state index < -0.39 is 11.9 Å². The van der Waals surface area contributed by atoms with Crippen molar-refractivity contribution in [2.45, 2.75) is 19.3 Å². The van der Waals surface area contributed by atoms with Gasteiger partial charge in [-0.05, 0) is 6.42 Å². The SMILES string of the molecule is O=C(O)CCCC(=O)O.[Bi].